The lowest BCUT2D eigenvalue weighted by Gasteiger charge is -2.12. The van der Waals surface area contributed by atoms with Crippen LogP contribution in [0.5, 0.6) is 0 Å². The quantitative estimate of drug-likeness (QED) is 0.784. The molecule has 0 aromatic carbocycles. The highest BCUT2D eigenvalue weighted by Gasteiger charge is 2.19. The summed E-state index contributed by atoms with van der Waals surface area (Å²) < 4.78 is 28.4. The largest absolute Gasteiger partial charge is 0.390 e. The van der Waals surface area contributed by atoms with Gasteiger partial charge in [0, 0.05) is 30.7 Å². The molecule has 0 saturated carbocycles. The molecule has 1 atom stereocenters. The summed E-state index contributed by atoms with van der Waals surface area (Å²) in [5.74, 6) is 1.71. The van der Waals surface area contributed by atoms with Gasteiger partial charge < -0.3 is 9.67 Å². The van der Waals surface area contributed by atoms with Crippen molar-refractivity contribution < 1.29 is 13.5 Å². The summed E-state index contributed by atoms with van der Waals surface area (Å²) in [6.45, 7) is 3.71. The zero-order valence-electron chi connectivity index (χ0n) is 10.9. The van der Waals surface area contributed by atoms with Crippen LogP contribution in [0.25, 0.3) is 0 Å². The number of sulfonamides is 1. The van der Waals surface area contributed by atoms with Crippen molar-refractivity contribution in [3.63, 3.8) is 0 Å². The molecular weight excluding hydrogens is 272 g/mol. The minimum atomic E-state index is -3.50. The SMILES string of the molecule is CCSCC(C)NS(=O)(=O)c1cc(CO)n(C)c1. The molecule has 1 heterocycles. The van der Waals surface area contributed by atoms with E-state index >= 15 is 0 Å². The van der Waals surface area contributed by atoms with Crippen LogP contribution in [0.15, 0.2) is 17.2 Å². The first-order valence-electron chi connectivity index (χ1n) is 5.77. The molecule has 1 aromatic rings. The summed E-state index contributed by atoms with van der Waals surface area (Å²) in [5.41, 5.74) is 0.575. The predicted molar refractivity (Wildman–Crippen MR) is 74.1 cm³/mol. The van der Waals surface area contributed by atoms with Crippen molar-refractivity contribution in [2.45, 2.75) is 31.4 Å². The molecule has 5 nitrogen and oxygen atoms in total. The molecule has 2 N–H and O–H groups in total. The Morgan fingerprint density at radius 3 is 2.72 bits per heavy atom. The smallest absolute Gasteiger partial charge is 0.242 e. The number of aliphatic hydroxyl groups excluding tert-OH is 1. The molecule has 0 fully saturated rings. The molecule has 0 amide bonds. The fourth-order valence-electron chi connectivity index (χ4n) is 1.54. The van der Waals surface area contributed by atoms with Gasteiger partial charge in [0.1, 0.15) is 0 Å². The van der Waals surface area contributed by atoms with Gasteiger partial charge >= 0.3 is 0 Å². The summed E-state index contributed by atoms with van der Waals surface area (Å²) in [6, 6.07) is 1.37. The van der Waals surface area contributed by atoms with Crippen molar-refractivity contribution in [3.05, 3.63) is 18.0 Å². The molecule has 0 aliphatic heterocycles. The van der Waals surface area contributed by atoms with E-state index in [0.29, 0.717) is 5.69 Å². The van der Waals surface area contributed by atoms with Crippen molar-refractivity contribution in [1.82, 2.24) is 9.29 Å². The van der Waals surface area contributed by atoms with E-state index in [4.69, 9.17) is 5.11 Å². The van der Waals surface area contributed by atoms with Crippen LogP contribution in [0.2, 0.25) is 0 Å². The Kier molecular flexibility index (Phi) is 5.71. The van der Waals surface area contributed by atoms with Crippen molar-refractivity contribution in [2.75, 3.05) is 11.5 Å². The molecule has 104 valence electrons. The third-order valence-electron chi connectivity index (χ3n) is 2.48. The Bertz CT molecular complexity index is 482. The highest BCUT2D eigenvalue weighted by molar-refractivity contribution is 7.99. The summed E-state index contributed by atoms with van der Waals surface area (Å²) in [6.07, 6.45) is 1.51. The molecule has 1 aromatic heterocycles. The molecule has 0 bridgehead atoms. The minimum Gasteiger partial charge on any atom is -0.390 e. The molecule has 0 spiro atoms. The van der Waals surface area contributed by atoms with Crippen LogP contribution in [0.4, 0.5) is 0 Å². The highest BCUT2D eigenvalue weighted by atomic mass is 32.2. The van der Waals surface area contributed by atoms with E-state index in [9.17, 15) is 8.42 Å². The van der Waals surface area contributed by atoms with Gasteiger partial charge in [0.25, 0.3) is 0 Å². The number of aryl methyl sites for hydroxylation is 1. The predicted octanol–water partition coefficient (Wildman–Crippen LogP) is 0.937. The Hall–Kier alpha value is -0.500. The second-order valence-corrected chi connectivity index (χ2v) is 7.15. The number of nitrogens with zero attached hydrogens (tertiary/aromatic N) is 1. The Balaban J connectivity index is 2.79. The molecular formula is C11H20N2O3S2. The third-order valence-corrected chi connectivity index (χ3v) is 5.18. The first-order chi connectivity index (χ1) is 8.40. The van der Waals surface area contributed by atoms with E-state index in [1.165, 1.54) is 12.3 Å². The van der Waals surface area contributed by atoms with E-state index in [1.807, 2.05) is 13.8 Å². The second-order valence-electron chi connectivity index (χ2n) is 4.12. The normalized spacial score (nSPS) is 13.8. The zero-order chi connectivity index (χ0) is 13.8. The van der Waals surface area contributed by atoms with Crippen LogP contribution in [0.3, 0.4) is 0 Å². The van der Waals surface area contributed by atoms with Gasteiger partial charge in [0.05, 0.1) is 11.5 Å². The van der Waals surface area contributed by atoms with Crippen LogP contribution in [-0.2, 0) is 23.7 Å². The van der Waals surface area contributed by atoms with E-state index < -0.39 is 10.0 Å². The van der Waals surface area contributed by atoms with Crippen LogP contribution >= 0.6 is 11.8 Å². The summed E-state index contributed by atoms with van der Waals surface area (Å²) in [5, 5.41) is 9.06. The molecule has 0 aliphatic carbocycles. The first kappa shape index (κ1) is 15.6. The number of thioether (sulfide) groups is 1. The Morgan fingerprint density at radius 2 is 2.22 bits per heavy atom. The fraction of sp³-hybridized carbons (Fsp3) is 0.636. The Labute approximate surface area is 113 Å². The van der Waals surface area contributed by atoms with Gasteiger partial charge in [0.15, 0.2) is 0 Å². The zero-order valence-corrected chi connectivity index (χ0v) is 12.5. The summed E-state index contributed by atoms with van der Waals surface area (Å²) in [4.78, 5) is 0.197. The maximum Gasteiger partial charge on any atom is 0.242 e. The maximum atomic E-state index is 12.1. The molecule has 18 heavy (non-hydrogen) atoms. The van der Waals surface area contributed by atoms with E-state index in [-0.39, 0.29) is 17.5 Å². The molecule has 0 radical (unpaired) electrons. The first-order valence-corrected chi connectivity index (χ1v) is 8.40. The minimum absolute atomic E-state index is 0.113. The van der Waals surface area contributed by atoms with Crippen LogP contribution in [0.1, 0.15) is 19.5 Å². The van der Waals surface area contributed by atoms with Crippen LogP contribution in [0, 0.1) is 0 Å². The topological polar surface area (TPSA) is 71.3 Å². The number of aromatic nitrogens is 1. The molecule has 1 unspecified atom stereocenters. The number of aliphatic hydroxyl groups is 1. The molecule has 1 rings (SSSR count). The van der Waals surface area contributed by atoms with Gasteiger partial charge in [-0.2, -0.15) is 11.8 Å². The van der Waals surface area contributed by atoms with E-state index in [0.717, 1.165) is 11.5 Å². The van der Waals surface area contributed by atoms with Crippen LogP contribution in [-0.4, -0.2) is 35.6 Å². The standard InChI is InChI=1S/C11H20N2O3S2/c1-4-17-8-9(2)12-18(15,16)11-5-10(7-14)13(3)6-11/h5-6,9,12,14H,4,7-8H2,1-3H3. The fourth-order valence-corrected chi connectivity index (χ4v) is 3.66. The lowest BCUT2D eigenvalue weighted by atomic mass is 10.4. The molecule has 0 saturated heterocycles. The van der Waals surface area contributed by atoms with Crippen molar-refractivity contribution >= 4 is 21.8 Å². The van der Waals surface area contributed by atoms with Gasteiger partial charge in [-0.3, -0.25) is 0 Å². The monoisotopic (exact) mass is 292 g/mol. The van der Waals surface area contributed by atoms with Gasteiger partial charge in [-0.15, -0.1) is 0 Å². The van der Waals surface area contributed by atoms with Gasteiger partial charge in [-0.05, 0) is 18.7 Å². The third kappa shape index (κ3) is 4.01. The Morgan fingerprint density at radius 1 is 1.56 bits per heavy atom. The second kappa shape index (κ2) is 6.60. The summed E-state index contributed by atoms with van der Waals surface area (Å²) >= 11 is 1.69. The van der Waals surface area contributed by atoms with Crippen molar-refractivity contribution in [1.29, 1.82) is 0 Å². The van der Waals surface area contributed by atoms with Crippen molar-refractivity contribution in [2.24, 2.45) is 7.05 Å². The summed E-state index contributed by atoms with van der Waals surface area (Å²) in [7, 11) is -1.79. The number of hydrogen-bond acceptors (Lipinski definition) is 4. The van der Waals surface area contributed by atoms with Gasteiger partial charge in [-0.25, -0.2) is 13.1 Å². The number of hydrogen-bond donors (Lipinski definition) is 2. The number of rotatable bonds is 7. The van der Waals surface area contributed by atoms with Gasteiger partial charge in [-0.1, -0.05) is 6.92 Å². The van der Waals surface area contributed by atoms with Gasteiger partial charge in [0.2, 0.25) is 10.0 Å². The maximum absolute atomic E-state index is 12.1. The average molecular weight is 292 g/mol. The lowest BCUT2D eigenvalue weighted by molar-refractivity contribution is 0.272. The average Bonchev–Trinajstić information content (AvgIpc) is 2.68. The van der Waals surface area contributed by atoms with Crippen molar-refractivity contribution in [3.8, 4) is 0 Å². The molecule has 7 heteroatoms. The lowest BCUT2D eigenvalue weighted by Crippen LogP contribution is -2.34. The van der Waals surface area contributed by atoms with E-state index in [2.05, 4.69) is 4.72 Å². The number of nitrogens with one attached hydrogen (secondary N) is 1. The molecule has 0 aliphatic rings. The highest BCUT2D eigenvalue weighted by Crippen LogP contribution is 2.14. The van der Waals surface area contributed by atoms with E-state index in [1.54, 1.807) is 23.4 Å². The van der Waals surface area contributed by atoms with Crippen LogP contribution < -0.4 is 4.72 Å².